The number of halogens is 1. The van der Waals surface area contributed by atoms with E-state index in [1.165, 1.54) is 17.0 Å². The highest BCUT2D eigenvalue weighted by atomic mass is 19.1. The molecule has 206 valence electrons. The van der Waals surface area contributed by atoms with Crippen molar-refractivity contribution in [1.29, 1.82) is 0 Å². The number of aromatic nitrogens is 1. The van der Waals surface area contributed by atoms with E-state index in [9.17, 15) is 14.0 Å². The summed E-state index contributed by atoms with van der Waals surface area (Å²) in [4.78, 5) is 30.7. The van der Waals surface area contributed by atoms with Gasteiger partial charge in [0.25, 0.3) is 0 Å². The summed E-state index contributed by atoms with van der Waals surface area (Å²) in [6, 6.07) is 21.4. The molecule has 0 saturated carbocycles. The number of nitrogens with one attached hydrogen (secondary N) is 1. The van der Waals surface area contributed by atoms with Crippen molar-refractivity contribution < 1.29 is 23.5 Å². The zero-order valence-corrected chi connectivity index (χ0v) is 22.8. The van der Waals surface area contributed by atoms with Gasteiger partial charge in [-0.25, -0.2) is 9.18 Å². The van der Waals surface area contributed by atoms with Crippen molar-refractivity contribution in [2.45, 2.75) is 25.9 Å². The largest absolute Gasteiger partial charge is 0.497 e. The quantitative estimate of drug-likeness (QED) is 0.310. The SMILES string of the molecule is COc1ccc(OC)c(C2c3cccn3-c3ccccc3N2C(=O)CN(C(=O)Nc2ccccc2F)C(C)C)c1. The maximum atomic E-state index is 14.3. The predicted octanol–water partition coefficient (Wildman–Crippen LogP) is 6.01. The molecular weight excluding hydrogens is 511 g/mol. The first-order chi connectivity index (χ1) is 19.3. The molecule has 0 spiro atoms. The molecule has 1 atom stereocenters. The van der Waals surface area contributed by atoms with Crippen LogP contribution in [0.25, 0.3) is 5.69 Å². The Morgan fingerprint density at radius 3 is 2.38 bits per heavy atom. The Labute approximate surface area is 232 Å². The molecule has 3 amide bonds. The van der Waals surface area contributed by atoms with Gasteiger partial charge in [-0.1, -0.05) is 24.3 Å². The lowest BCUT2D eigenvalue weighted by molar-refractivity contribution is -0.119. The van der Waals surface area contributed by atoms with Gasteiger partial charge in [0, 0.05) is 17.8 Å². The maximum absolute atomic E-state index is 14.3. The smallest absolute Gasteiger partial charge is 0.322 e. The normalized spacial score (nSPS) is 13.8. The number of carbonyl (C=O) groups is 2. The third-order valence-corrected chi connectivity index (χ3v) is 7.02. The summed E-state index contributed by atoms with van der Waals surface area (Å²) in [6.07, 6.45) is 1.96. The number of hydrogen-bond acceptors (Lipinski definition) is 4. The predicted molar refractivity (Wildman–Crippen MR) is 152 cm³/mol. The molecule has 1 aromatic heterocycles. The third-order valence-electron chi connectivity index (χ3n) is 7.02. The van der Waals surface area contributed by atoms with Crippen LogP contribution < -0.4 is 19.7 Å². The standard InChI is InChI=1S/C31H31FN4O4/c1-20(2)35(31(38)33-24-11-6-5-10-23(24)32)19-29(37)36-26-13-8-7-12-25(26)34-17-9-14-27(34)30(36)22-18-21(39-3)15-16-28(22)40-4/h5-18,20,30H,19H2,1-4H3,(H,33,38). The number of anilines is 2. The van der Waals surface area contributed by atoms with Crippen LogP contribution in [0, 0.1) is 5.82 Å². The molecule has 1 aliphatic heterocycles. The van der Waals surface area contributed by atoms with Gasteiger partial charge in [0.05, 0.1) is 37.0 Å². The number of benzene rings is 3. The molecule has 4 aromatic rings. The van der Waals surface area contributed by atoms with Gasteiger partial charge in [-0.05, 0) is 68.4 Å². The fraction of sp³-hybridized carbons (Fsp3) is 0.226. The molecular formula is C31H31FN4O4. The Hall–Kier alpha value is -4.79. The summed E-state index contributed by atoms with van der Waals surface area (Å²) in [5.41, 5.74) is 3.15. The molecule has 40 heavy (non-hydrogen) atoms. The summed E-state index contributed by atoms with van der Waals surface area (Å²) in [7, 11) is 3.17. The van der Waals surface area contributed by atoms with E-state index in [1.54, 1.807) is 37.3 Å². The van der Waals surface area contributed by atoms with E-state index in [-0.39, 0.29) is 24.2 Å². The number of rotatable bonds is 7. The molecule has 9 heteroatoms. The number of carbonyl (C=O) groups excluding carboxylic acids is 2. The Bertz CT molecular complexity index is 1550. The third kappa shape index (κ3) is 4.86. The van der Waals surface area contributed by atoms with Gasteiger partial charge in [-0.15, -0.1) is 0 Å². The number of para-hydroxylation sites is 3. The summed E-state index contributed by atoms with van der Waals surface area (Å²) >= 11 is 0. The number of urea groups is 1. The molecule has 2 heterocycles. The van der Waals surface area contributed by atoms with Gasteiger partial charge in [0.15, 0.2) is 0 Å². The minimum Gasteiger partial charge on any atom is -0.497 e. The summed E-state index contributed by atoms with van der Waals surface area (Å²) in [6.45, 7) is 3.38. The molecule has 0 fully saturated rings. The Morgan fingerprint density at radius 1 is 0.950 bits per heavy atom. The van der Waals surface area contributed by atoms with Crippen LogP contribution in [0.1, 0.15) is 31.1 Å². The van der Waals surface area contributed by atoms with Crippen molar-refractivity contribution >= 4 is 23.3 Å². The number of amides is 3. The summed E-state index contributed by atoms with van der Waals surface area (Å²) in [5.74, 6) is 0.343. The second-order valence-electron chi connectivity index (χ2n) is 9.70. The zero-order valence-electron chi connectivity index (χ0n) is 22.8. The van der Waals surface area contributed by atoms with Crippen LogP contribution in [-0.2, 0) is 4.79 Å². The van der Waals surface area contributed by atoms with Crippen LogP contribution in [0.2, 0.25) is 0 Å². The lowest BCUT2D eigenvalue weighted by Crippen LogP contribution is -2.49. The van der Waals surface area contributed by atoms with Crippen LogP contribution in [0.15, 0.2) is 85.1 Å². The second kappa shape index (κ2) is 11.1. The zero-order chi connectivity index (χ0) is 28.4. The highest BCUT2D eigenvalue weighted by molar-refractivity contribution is 6.01. The highest BCUT2D eigenvalue weighted by Crippen LogP contribution is 2.45. The van der Waals surface area contributed by atoms with Crippen LogP contribution in [0.3, 0.4) is 0 Å². The topological polar surface area (TPSA) is 76.0 Å². The van der Waals surface area contributed by atoms with Crippen molar-refractivity contribution in [1.82, 2.24) is 9.47 Å². The fourth-order valence-electron chi connectivity index (χ4n) is 5.07. The van der Waals surface area contributed by atoms with Gasteiger partial charge in [0.1, 0.15) is 29.9 Å². The van der Waals surface area contributed by atoms with E-state index < -0.39 is 17.9 Å². The maximum Gasteiger partial charge on any atom is 0.322 e. The number of fused-ring (bicyclic) bond motifs is 3. The Balaban J connectivity index is 1.58. The van der Waals surface area contributed by atoms with Crippen LogP contribution in [-0.4, -0.2) is 48.2 Å². The van der Waals surface area contributed by atoms with E-state index in [2.05, 4.69) is 5.32 Å². The van der Waals surface area contributed by atoms with Crippen LogP contribution in [0.4, 0.5) is 20.6 Å². The monoisotopic (exact) mass is 542 g/mol. The van der Waals surface area contributed by atoms with Crippen molar-refractivity contribution in [3.05, 3.63) is 102 Å². The van der Waals surface area contributed by atoms with Gasteiger partial charge in [-0.3, -0.25) is 9.69 Å². The number of ether oxygens (including phenoxy) is 2. The Kier molecular flexibility index (Phi) is 7.46. The van der Waals surface area contributed by atoms with Crippen molar-refractivity contribution in [3.8, 4) is 17.2 Å². The molecule has 1 aliphatic rings. The fourth-order valence-corrected chi connectivity index (χ4v) is 5.07. The average molecular weight is 543 g/mol. The first-order valence-corrected chi connectivity index (χ1v) is 13.0. The molecule has 0 bridgehead atoms. The van der Waals surface area contributed by atoms with Crippen LogP contribution >= 0.6 is 0 Å². The first kappa shape index (κ1) is 26.8. The molecule has 0 saturated heterocycles. The van der Waals surface area contributed by atoms with E-state index in [4.69, 9.17) is 9.47 Å². The van der Waals surface area contributed by atoms with Crippen molar-refractivity contribution in [3.63, 3.8) is 0 Å². The van der Waals surface area contributed by atoms with E-state index in [0.29, 0.717) is 17.2 Å². The van der Waals surface area contributed by atoms with Gasteiger partial charge in [0.2, 0.25) is 5.91 Å². The van der Waals surface area contributed by atoms with Crippen molar-refractivity contribution in [2.24, 2.45) is 0 Å². The van der Waals surface area contributed by atoms with E-state index in [0.717, 1.165) is 16.9 Å². The van der Waals surface area contributed by atoms with Crippen LogP contribution in [0.5, 0.6) is 11.5 Å². The highest BCUT2D eigenvalue weighted by Gasteiger charge is 2.39. The second-order valence-corrected chi connectivity index (χ2v) is 9.70. The minimum atomic E-state index is -0.578. The van der Waals surface area contributed by atoms with Crippen molar-refractivity contribution in [2.75, 3.05) is 31.0 Å². The molecule has 8 nitrogen and oxygen atoms in total. The first-order valence-electron chi connectivity index (χ1n) is 13.0. The number of nitrogens with zero attached hydrogens (tertiary/aromatic N) is 3. The molecule has 5 rings (SSSR count). The average Bonchev–Trinajstić information content (AvgIpc) is 3.46. The van der Waals surface area contributed by atoms with Gasteiger partial charge >= 0.3 is 6.03 Å². The summed E-state index contributed by atoms with van der Waals surface area (Å²) in [5, 5.41) is 2.61. The summed E-state index contributed by atoms with van der Waals surface area (Å²) < 4.78 is 27.6. The Morgan fingerprint density at radius 2 is 1.68 bits per heavy atom. The molecule has 1 unspecified atom stereocenters. The minimum absolute atomic E-state index is 0.0470. The lowest BCUT2D eigenvalue weighted by Gasteiger charge is -2.40. The molecule has 3 aromatic carbocycles. The number of methoxy groups -OCH3 is 2. The molecule has 0 aliphatic carbocycles. The van der Waals surface area contributed by atoms with E-state index >= 15 is 0 Å². The number of hydrogen-bond donors (Lipinski definition) is 1. The van der Waals surface area contributed by atoms with Gasteiger partial charge in [-0.2, -0.15) is 0 Å². The van der Waals surface area contributed by atoms with E-state index in [1.807, 2.05) is 73.1 Å². The van der Waals surface area contributed by atoms with Gasteiger partial charge < -0.3 is 24.3 Å². The molecule has 1 N–H and O–H groups in total. The lowest BCUT2D eigenvalue weighted by atomic mass is 9.96. The molecule has 0 radical (unpaired) electrons.